The van der Waals surface area contributed by atoms with Crippen LogP contribution in [0, 0.1) is 29.6 Å². The van der Waals surface area contributed by atoms with E-state index in [-0.39, 0.29) is 0 Å². The van der Waals surface area contributed by atoms with Crippen LogP contribution in [-0.4, -0.2) is 0 Å². The predicted octanol–water partition coefficient (Wildman–Crippen LogP) is 8.46. The van der Waals surface area contributed by atoms with Crippen LogP contribution in [0.1, 0.15) is 119 Å². The van der Waals surface area contributed by atoms with Crippen LogP contribution in [-0.2, 0) is 0 Å². The summed E-state index contributed by atoms with van der Waals surface area (Å²) >= 11 is 0. The maximum Gasteiger partial charge on any atom is -0.0354 e. The second-order valence-corrected chi connectivity index (χ2v) is 9.58. The van der Waals surface area contributed by atoms with Gasteiger partial charge in [0.05, 0.1) is 0 Å². The van der Waals surface area contributed by atoms with Crippen molar-refractivity contribution >= 4 is 0 Å². The number of rotatable bonds is 14. The fourth-order valence-electron chi connectivity index (χ4n) is 3.55. The molecule has 0 heteroatoms. The third-order valence-electron chi connectivity index (χ3n) is 6.14. The van der Waals surface area contributed by atoms with E-state index in [0.717, 1.165) is 5.92 Å². The highest BCUT2D eigenvalue weighted by atomic mass is 14.3. The van der Waals surface area contributed by atoms with Gasteiger partial charge in [0.2, 0.25) is 0 Å². The number of hydrogen-bond donors (Lipinski definition) is 0. The predicted molar refractivity (Wildman–Crippen MR) is 108 cm³/mol. The molecule has 0 N–H and O–H groups in total. The maximum atomic E-state index is 4.30. The Morgan fingerprint density at radius 2 is 1.39 bits per heavy atom. The van der Waals surface area contributed by atoms with Gasteiger partial charge in [0.25, 0.3) is 0 Å². The molecule has 0 aliphatic carbocycles. The minimum absolute atomic E-state index is 0.532. The Kier molecular flexibility index (Phi) is 11.5. The van der Waals surface area contributed by atoms with Gasteiger partial charge in [0.15, 0.2) is 0 Å². The van der Waals surface area contributed by atoms with E-state index in [2.05, 4.69) is 55.4 Å². The van der Waals surface area contributed by atoms with E-state index in [9.17, 15) is 0 Å². The van der Waals surface area contributed by atoms with E-state index in [1.54, 1.807) is 0 Å². The van der Waals surface area contributed by atoms with E-state index >= 15 is 0 Å². The molecule has 0 aliphatic rings. The van der Waals surface area contributed by atoms with E-state index in [1.807, 2.05) is 0 Å². The Bertz CT molecular complexity index is 274. The molecule has 0 saturated carbocycles. The first-order chi connectivity index (χ1) is 10.7. The SMILES string of the molecule is [CH2]C(CC)CCC(CCCC(C)(C)CC)CCC(C)(C)CCC. The molecule has 0 aromatic rings. The molecule has 0 spiro atoms. The highest BCUT2D eigenvalue weighted by molar-refractivity contribution is 4.74. The van der Waals surface area contributed by atoms with Gasteiger partial charge >= 0.3 is 0 Å². The summed E-state index contributed by atoms with van der Waals surface area (Å²) in [4.78, 5) is 0. The Morgan fingerprint density at radius 3 is 1.91 bits per heavy atom. The molecule has 0 fully saturated rings. The minimum Gasteiger partial charge on any atom is -0.0654 e. The van der Waals surface area contributed by atoms with Gasteiger partial charge in [-0.3, -0.25) is 0 Å². The molecule has 2 atom stereocenters. The molecule has 0 nitrogen and oxygen atoms in total. The Balaban J connectivity index is 4.38. The lowest BCUT2D eigenvalue weighted by Gasteiger charge is -2.28. The van der Waals surface area contributed by atoms with Crippen LogP contribution in [0.15, 0.2) is 0 Å². The second-order valence-electron chi connectivity index (χ2n) is 9.58. The molecule has 0 bridgehead atoms. The van der Waals surface area contributed by atoms with E-state index in [0.29, 0.717) is 16.7 Å². The van der Waals surface area contributed by atoms with Crippen LogP contribution in [0.25, 0.3) is 0 Å². The van der Waals surface area contributed by atoms with Gasteiger partial charge < -0.3 is 0 Å². The topological polar surface area (TPSA) is 0 Å². The molecule has 0 rings (SSSR count). The molecular weight excluding hydrogens is 276 g/mol. The zero-order valence-corrected chi connectivity index (χ0v) is 17.6. The second kappa shape index (κ2) is 11.5. The first-order valence-electron chi connectivity index (χ1n) is 10.5. The van der Waals surface area contributed by atoms with Crippen molar-refractivity contribution in [2.45, 2.75) is 119 Å². The van der Waals surface area contributed by atoms with Crippen molar-refractivity contribution < 1.29 is 0 Å². The molecule has 0 aliphatic heterocycles. The summed E-state index contributed by atoms with van der Waals surface area (Å²) in [5.41, 5.74) is 1.06. The Morgan fingerprint density at radius 1 is 0.739 bits per heavy atom. The largest absolute Gasteiger partial charge is 0.0654 e. The Labute approximate surface area is 149 Å². The molecule has 139 valence electrons. The van der Waals surface area contributed by atoms with Crippen LogP contribution < -0.4 is 0 Å². The van der Waals surface area contributed by atoms with Crippen LogP contribution >= 0.6 is 0 Å². The van der Waals surface area contributed by atoms with Gasteiger partial charge in [-0.25, -0.2) is 0 Å². The molecule has 1 radical (unpaired) electrons. The van der Waals surface area contributed by atoms with Crippen LogP contribution in [0.5, 0.6) is 0 Å². The van der Waals surface area contributed by atoms with E-state index in [1.165, 1.54) is 70.6 Å². The van der Waals surface area contributed by atoms with Gasteiger partial charge in [0, 0.05) is 0 Å². The zero-order chi connectivity index (χ0) is 17.9. The highest BCUT2D eigenvalue weighted by Crippen LogP contribution is 2.34. The van der Waals surface area contributed by atoms with Crippen molar-refractivity contribution in [2.75, 3.05) is 0 Å². The summed E-state index contributed by atoms with van der Waals surface area (Å²) in [6, 6.07) is 0. The van der Waals surface area contributed by atoms with Gasteiger partial charge in [-0.1, -0.05) is 100 Å². The van der Waals surface area contributed by atoms with Crippen molar-refractivity contribution in [3.8, 4) is 0 Å². The lowest BCUT2D eigenvalue weighted by molar-refractivity contribution is 0.240. The standard InChI is InChI=1S/C23H47/c1-9-17-23(7,8)19-16-21(15-14-20(4)10-2)13-12-18-22(5,6)11-3/h20-21H,4,9-19H2,1-3,5-8H3. The van der Waals surface area contributed by atoms with Crippen molar-refractivity contribution in [1.82, 2.24) is 0 Å². The fraction of sp³-hybridized carbons (Fsp3) is 0.957. The lowest BCUT2D eigenvalue weighted by atomic mass is 9.77. The third kappa shape index (κ3) is 12.1. The molecule has 0 aromatic heterocycles. The van der Waals surface area contributed by atoms with Gasteiger partial charge in [0.1, 0.15) is 0 Å². The highest BCUT2D eigenvalue weighted by Gasteiger charge is 2.21. The average Bonchev–Trinajstić information content (AvgIpc) is 2.48. The summed E-state index contributed by atoms with van der Waals surface area (Å²) in [6.45, 7) is 21.0. The third-order valence-corrected chi connectivity index (χ3v) is 6.14. The zero-order valence-electron chi connectivity index (χ0n) is 17.6. The van der Waals surface area contributed by atoms with Crippen LogP contribution in [0.3, 0.4) is 0 Å². The lowest BCUT2D eigenvalue weighted by Crippen LogP contribution is -2.15. The van der Waals surface area contributed by atoms with Crippen molar-refractivity contribution in [2.24, 2.45) is 22.7 Å². The first-order valence-corrected chi connectivity index (χ1v) is 10.5. The quantitative estimate of drug-likeness (QED) is 0.301. The normalized spacial score (nSPS) is 15.7. The van der Waals surface area contributed by atoms with Gasteiger partial charge in [-0.15, -0.1) is 0 Å². The molecule has 0 amide bonds. The number of hydrogen-bond acceptors (Lipinski definition) is 0. The van der Waals surface area contributed by atoms with E-state index in [4.69, 9.17) is 0 Å². The van der Waals surface area contributed by atoms with Crippen molar-refractivity contribution in [1.29, 1.82) is 0 Å². The smallest absolute Gasteiger partial charge is 0.0354 e. The maximum absolute atomic E-state index is 4.30. The monoisotopic (exact) mass is 323 g/mol. The van der Waals surface area contributed by atoms with Crippen molar-refractivity contribution in [3.05, 3.63) is 6.92 Å². The molecular formula is C23H47. The summed E-state index contributed by atoms with van der Waals surface area (Å²) < 4.78 is 0. The van der Waals surface area contributed by atoms with Crippen LogP contribution in [0.4, 0.5) is 0 Å². The van der Waals surface area contributed by atoms with Crippen LogP contribution in [0.2, 0.25) is 0 Å². The van der Waals surface area contributed by atoms with Crippen molar-refractivity contribution in [3.63, 3.8) is 0 Å². The summed E-state index contributed by atoms with van der Waals surface area (Å²) in [5.74, 6) is 1.59. The first kappa shape index (κ1) is 23.0. The summed E-state index contributed by atoms with van der Waals surface area (Å²) in [7, 11) is 0. The fourth-order valence-corrected chi connectivity index (χ4v) is 3.55. The molecule has 23 heavy (non-hydrogen) atoms. The molecule has 0 saturated heterocycles. The van der Waals surface area contributed by atoms with Gasteiger partial charge in [-0.2, -0.15) is 0 Å². The summed E-state index contributed by atoms with van der Waals surface area (Å²) in [6.07, 6.45) is 15.0. The Hall–Kier alpha value is 0. The average molecular weight is 324 g/mol. The minimum atomic E-state index is 0.532. The molecule has 0 heterocycles. The van der Waals surface area contributed by atoms with E-state index < -0.39 is 0 Å². The molecule has 2 unspecified atom stereocenters. The molecule has 0 aromatic carbocycles. The summed E-state index contributed by atoms with van der Waals surface area (Å²) in [5, 5.41) is 0. The van der Waals surface area contributed by atoms with Gasteiger partial charge in [-0.05, 0) is 48.3 Å².